The highest BCUT2D eigenvalue weighted by molar-refractivity contribution is 8.00. The van der Waals surface area contributed by atoms with Crippen LogP contribution in [0.5, 0.6) is 0 Å². The minimum atomic E-state index is -0.0613. The van der Waals surface area contributed by atoms with Crippen LogP contribution in [0.3, 0.4) is 0 Å². The number of carbonyl (C=O) groups is 2. The zero-order valence-electron chi connectivity index (χ0n) is 17.7. The molecule has 32 heavy (non-hydrogen) atoms. The van der Waals surface area contributed by atoms with Crippen LogP contribution in [0.25, 0.3) is 0 Å². The first kappa shape index (κ1) is 21.1. The Morgan fingerprint density at radius 2 is 1.75 bits per heavy atom. The van der Waals surface area contributed by atoms with Crippen molar-refractivity contribution in [1.29, 1.82) is 0 Å². The van der Waals surface area contributed by atoms with Crippen LogP contribution in [-0.2, 0) is 17.8 Å². The number of thioether (sulfide) groups is 1. The molecule has 0 aromatic heterocycles. The van der Waals surface area contributed by atoms with Crippen LogP contribution in [-0.4, -0.2) is 28.5 Å². The van der Waals surface area contributed by atoms with Crippen molar-refractivity contribution in [3.63, 3.8) is 0 Å². The molecule has 1 saturated heterocycles. The Hall–Kier alpha value is -2.76. The van der Waals surface area contributed by atoms with Gasteiger partial charge in [-0.25, -0.2) is 0 Å². The molecule has 5 rings (SSSR count). The average Bonchev–Trinajstić information content (AvgIpc) is 3.34. The normalized spacial score (nSPS) is 20.0. The average molecular weight is 463 g/mol. The Morgan fingerprint density at radius 3 is 2.50 bits per heavy atom. The highest BCUT2D eigenvalue weighted by Gasteiger charge is 2.34. The molecule has 0 aliphatic carbocycles. The van der Waals surface area contributed by atoms with Gasteiger partial charge in [-0.15, -0.1) is 11.8 Å². The zero-order valence-corrected chi connectivity index (χ0v) is 19.3. The van der Waals surface area contributed by atoms with Gasteiger partial charge < -0.3 is 9.80 Å². The lowest BCUT2D eigenvalue weighted by molar-refractivity contribution is -0.128. The highest BCUT2D eigenvalue weighted by Crippen LogP contribution is 2.40. The summed E-state index contributed by atoms with van der Waals surface area (Å²) >= 11 is 7.61. The second-order valence-electron chi connectivity index (χ2n) is 8.29. The van der Waals surface area contributed by atoms with E-state index in [2.05, 4.69) is 13.0 Å². The first-order valence-corrected chi connectivity index (χ1v) is 12.1. The maximum absolute atomic E-state index is 13.3. The summed E-state index contributed by atoms with van der Waals surface area (Å²) in [6, 6.07) is 23.5. The molecule has 3 aromatic carbocycles. The third-order valence-corrected chi connectivity index (χ3v) is 7.61. The molecule has 1 fully saturated rings. The molecule has 0 radical (unpaired) electrons. The van der Waals surface area contributed by atoms with Gasteiger partial charge in [0.15, 0.2) is 0 Å². The first-order valence-electron chi connectivity index (χ1n) is 10.7. The van der Waals surface area contributed by atoms with Crippen molar-refractivity contribution in [1.82, 2.24) is 4.90 Å². The van der Waals surface area contributed by atoms with Gasteiger partial charge in [-0.05, 0) is 60.4 Å². The molecule has 0 N–H and O–H groups in total. The summed E-state index contributed by atoms with van der Waals surface area (Å²) in [5, 5.41) is 0.622. The summed E-state index contributed by atoms with van der Waals surface area (Å²) in [5.74, 6) is 0.598. The van der Waals surface area contributed by atoms with Crippen molar-refractivity contribution in [2.75, 3.05) is 10.7 Å². The number of para-hydroxylation sites is 1. The lowest BCUT2D eigenvalue weighted by Crippen LogP contribution is -2.35. The molecule has 0 bridgehead atoms. The summed E-state index contributed by atoms with van der Waals surface area (Å²) in [7, 11) is 0. The van der Waals surface area contributed by atoms with Gasteiger partial charge in [0, 0.05) is 28.9 Å². The Kier molecular flexibility index (Phi) is 5.70. The van der Waals surface area contributed by atoms with E-state index in [0.29, 0.717) is 22.9 Å². The number of carbonyl (C=O) groups excluding carboxylic acids is 2. The topological polar surface area (TPSA) is 40.6 Å². The van der Waals surface area contributed by atoms with E-state index in [9.17, 15) is 9.59 Å². The smallest absolute Gasteiger partial charge is 0.258 e. The van der Waals surface area contributed by atoms with Gasteiger partial charge in [-0.1, -0.05) is 54.1 Å². The first-order chi connectivity index (χ1) is 15.5. The Balaban J connectivity index is 1.35. The summed E-state index contributed by atoms with van der Waals surface area (Å²) in [5.41, 5.74) is 4.95. The molecule has 2 heterocycles. The number of rotatable bonds is 4. The predicted octanol–water partition coefficient (Wildman–Crippen LogP) is 5.71. The third kappa shape index (κ3) is 3.91. The van der Waals surface area contributed by atoms with Crippen molar-refractivity contribution in [2.45, 2.75) is 31.3 Å². The van der Waals surface area contributed by atoms with Crippen LogP contribution in [0.2, 0.25) is 5.02 Å². The summed E-state index contributed by atoms with van der Waals surface area (Å²) in [4.78, 5) is 29.6. The van der Waals surface area contributed by atoms with Gasteiger partial charge in [-0.3, -0.25) is 9.59 Å². The molecular formula is C26H23ClN2O2S. The number of halogens is 1. The number of amides is 2. The standard InChI is InChI=1S/C26H23ClN2O2S/c1-17-14-21-4-2-3-5-23(21)29(17)25(31)19-8-10-20(11-9-19)26-28(24(30)16-32-26)15-18-6-12-22(27)13-7-18/h2-13,17,26H,14-16H2,1H3/t17-,26-/m0/s1. The molecule has 4 nitrogen and oxygen atoms in total. The fourth-order valence-corrected chi connectivity index (χ4v) is 5.81. The van der Waals surface area contributed by atoms with Gasteiger partial charge in [0.05, 0.1) is 5.75 Å². The second-order valence-corrected chi connectivity index (χ2v) is 9.80. The lowest BCUT2D eigenvalue weighted by Gasteiger charge is -2.25. The number of benzene rings is 3. The summed E-state index contributed by atoms with van der Waals surface area (Å²) < 4.78 is 0. The fourth-order valence-electron chi connectivity index (χ4n) is 4.49. The van der Waals surface area contributed by atoms with Gasteiger partial charge in [0.25, 0.3) is 5.91 Å². The predicted molar refractivity (Wildman–Crippen MR) is 130 cm³/mol. The van der Waals surface area contributed by atoms with E-state index in [-0.39, 0.29) is 23.2 Å². The minimum absolute atomic E-state index is 0.0159. The van der Waals surface area contributed by atoms with Gasteiger partial charge >= 0.3 is 0 Å². The van der Waals surface area contributed by atoms with Crippen molar-refractivity contribution in [2.24, 2.45) is 0 Å². The molecule has 3 aromatic rings. The van der Waals surface area contributed by atoms with Crippen molar-refractivity contribution in [3.8, 4) is 0 Å². The van der Waals surface area contributed by atoms with Gasteiger partial charge in [-0.2, -0.15) is 0 Å². The molecule has 0 saturated carbocycles. The van der Waals surface area contributed by atoms with Crippen LogP contribution >= 0.6 is 23.4 Å². The van der Waals surface area contributed by atoms with Crippen LogP contribution in [0.15, 0.2) is 72.8 Å². The maximum Gasteiger partial charge on any atom is 0.258 e. The molecule has 2 aliphatic heterocycles. The molecule has 2 aliphatic rings. The van der Waals surface area contributed by atoms with E-state index in [0.717, 1.165) is 23.2 Å². The Bertz CT molecular complexity index is 1160. The summed E-state index contributed by atoms with van der Waals surface area (Å²) in [6.45, 7) is 2.62. The fraction of sp³-hybridized carbons (Fsp3) is 0.231. The Morgan fingerprint density at radius 1 is 1.03 bits per heavy atom. The van der Waals surface area contributed by atoms with Crippen LogP contribution in [0, 0.1) is 0 Å². The van der Waals surface area contributed by atoms with Crippen molar-refractivity contribution >= 4 is 40.9 Å². The van der Waals surface area contributed by atoms with E-state index in [1.165, 1.54) is 5.56 Å². The van der Waals surface area contributed by atoms with Crippen LogP contribution in [0.4, 0.5) is 5.69 Å². The van der Waals surface area contributed by atoms with E-state index >= 15 is 0 Å². The quantitative estimate of drug-likeness (QED) is 0.499. The molecule has 0 spiro atoms. The number of hydrogen-bond acceptors (Lipinski definition) is 3. The number of nitrogens with zero attached hydrogens (tertiary/aromatic N) is 2. The molecule has 2 amide bonds. The SMILES string of the molecule is C[C@H]1Cc2ccccc2N1C(=O)c1ccc([C@@H]2SCC(=O)N2Cc2ccc(Cl)cc2)cc1. The van der Waals surface area contributed by atoms with E-state index in [1.807, 2.05) is 76.5 Å². The third-order valence-electron chi connectivity index (χ3n) is 6.10. The molecule has 6 heteroatoms. The molecule has 2 atom stereocenters. The van der Waals surface area contributed by atoms with E-state index in [4.69, 9.17) is 11.6 Å². The largest absolute Gasteiger partial charge is 0.322 e. The lowest BCUT2D eigenvalue weighted by atomic mass is 10.1. The highest BCUT2D eigenvalue weighted by atomic mass is 35.5. The maximum atomic E-state index is 13.3. The molecule has 0 unspecified atom stereocenters. The zero-order chi connectivity index (χ0) is 22.2. The van der Waals surface area contributed by atoms with E-state index < -0.39 is 0 Å². The number of anilines is 1. The number of hydrogen-bond donors (Lipinski definition) is 0. The van der Waals surface area contributed by atoms with Gasteiger partial charge in [0.1, 0.15) is 5.37 Å². The Labute approximate surface area is 197 Å². The summed E-state index contributed by atoms with van der Waals surface area (Å²) in [6.07, 6.45) is 0.875. The molecular weight excluding hydrogens is 440 g/mol. The van der Waals surface area contributed by atoms with Crippen LogP contribution < -0.4 is 4.90 Å². The molecule has 162 valence electrons. The van der Waals surface area contributed by atoms with E-state index in [1.54, 1.807) is 11.8 Å². The van der Waals surface area contributed by atoms with Crippen molar-refractivity contribution in [3.05, 3.63) is 100 Å². The van der Waals surface area contributed by atoms with Crippen LogP contribution in [0.1, 0.15) is 39.3 Å². The monoisotopic (exact) mass is 462 g/mol. The van der Waals surface area contributed by atoms with Crippen molar-refractivity contribution < 1.29 is 9.59 Å². The van der Waals surface area contributed by atoms with Gasteiger partial charge in [0.2, 0.25) is 5.91 Å². The minimum Gasteiger partial charge on any atom is -0.322 e. The second kappa shape index (κ2) is 8.64. The number of fused-ring (bicyclic) bond motifs is 1.